The summed E-state index contributed by atoms with van der Waals surface area (Å²) in [6.45, 7) is -1.60. The molecule has 15 heavy (non-hydrogen) atoms. The molecule has 0 bridgehead atoms. The smallest absolute Gasteiger partial charge is 0.160 e. The van der Waals surface area contributed by atoms with Crippen molar-refractivity contribution in [3.05, 3.63) is 35.9 Å². The molecule has 1 aromatic rings. The van der Waals surface area contributed by atoms with Gasteiger partial charge in [0, 0.05) is 21.5 Å². The Hall–Kier alpha value is -0.670. The topological polar surface area (TPSA) is 15.6 Å². The fraction of sp³-hybridized carbons (Fsp3) is 0.364. The van der Waals surface area contributed by atoms with Gasteiger partial charge in [0.05, 0.1) is 8.78 Å². The molecule has 2 aliphatic rings. The average molecular weight is 245 g/mol. The summed E-state index contributed by atoms with van der Waals surface area (Å²) in [5.74, 6) is 0. The fourth-order valence-corrected chi connectivity index (χ4v) is 2.31. The molecule has 3 rings (SSSR count). The first kappa shape index (κ1) is 6.81. The van der Waals surface area contributed by atoms with Crippen molar-refractivity contribution in [2.45, 2.75) is 6.04 Å². The number of benzene rings is 1. The van der Waals surface area contributed by atoms with Gasteiger partial charge >= 0.3 is 0 Å². The molecular weight excluding hydrogens is 228 g/mol. The summed E-state index contributed by atoms with van der Waals surface area (Å²) >= 11 is 0.878. The van der Waals surface area contributed by atoms with E-state index in [4.69, 9.17) is 5.48 Å². The zero-order valence-corrected chi connectivity index (χ0v) is 9.52. The lowest BCUT2D eigenvalue weighted by Gasteiger charge is -2.12. The van der Waals surface area contributed by atoms with Gasteiger partial charge < -0.3 is 4.90 Å². The van der Waals surface area contributed by atoms with Gasteiger partial charge in [0.1, 0.15) is 0 Å². The highest BCUT2D eigenvalue weighted by molar-refractivity contribution is 8.14. The van der Waals surface area contributed by atoms with E-state index in [9.17, 15) is 0 Å². The Bertz CT molecular complexity index is 509. The third-order valence-corrected chi connectivity index (χ3v) is 3.06. The van der Waals surface area contributed by atoms with Gasteiger partial charge in [0.25, 0.3) is 0 Å². The molecule has 0 unspecified atom stereocenters. The molecule has 0 saturated carbocycles. The van der Waals surface area contributed by atoms with E-state index in [1.807, 2.05) is 30.3 Å². The summed E-state index contributed by atoms with van der Waals surface area (Å²) in [6.07, 6.45) is 0. The van der Waals surface area contributed by atoms with E-state index in [2.05, 4.69) is 4.99 Å². The molecule has 2 aliphatic heterocycles. The van der Waals surface area contributed by atoms with Crippen LogP contribution in [-0.4, -0.2) is 28.8 Å². The lowest BCUT2D eigenvalue weighted by atomic mass is 10.1. The Labute approximate surface area is 106 Å². The summed E-state index contributed by atoms with van der Waals surface area (Å²) < 4.78 is 31.1. The largest absolute Gasteiger partial charge is 0.348 e. The third kappa shape index (κ3) is 1.99. The van der Waals surface area contributed by atoms with Gasteiger partial charge in [-0.05, 0) is 5.56 Å². The van der Waals surface area contributed by atoms with Crippen molar-refractivity contribution in [3.8, 4) is 0 Å². The number of aliphatic imine (C=N–C) groups is 1. The van der Waals surface area contributed by atoms with Gasteiger partial charge in [0.15, 0.2) is 5.17 Å². The van der Waals surface area contributed by atoms with E-state index in [-0.39, 0.29) is 18.4 Å². The van der Waals surface area contributed by atoms with Crippen LogP contribution in [-0.2, 0) is 0 Å². The number of amidine groups is 1. The average Bonchev–Trinajstić information content (AvgIpc) is 2.79. The van der Waals surface area contributed by atoms with E-state index in [0.717, 1.165) is 17.3 Å². The maximum atomic E-state index is 7.88. The second-order valence-electron chi connectivity index (χ2n) is 3.26. The first-order valence-corrected chi connectivity index (χ1v) is 5.33. The van der Waals surface area contributed by atoms with Gasteiger partial charge in [-0.1, -0.05) is 42.1 Å². The molecule has 0 N–H and O–H groups in total. The van der Waals surface area contributed by atoms with E-state index < -0.39 is 12.2 Å². The fourth-order valence-electron chi connectivity index (χ4n) is 1.65. The molecule has 2 nitrogen and oxygen atoms in total. The molecule has 1 aromatic carbocycles. The predicted molar refractivity (Wildman–Crippen MR) is 67.9 cm³/mol. The molecule has 0 spiro atoms. The van der Waals surface area contributed by atoms with Gasteiger partial charge in [-0.3, -0.25) is 4.99 Å². The first-order valence-electron chi connectivity index (χ1n) is 6.51. The van der Waals surface area contributed by atoms with Crippen LogP contribution in [0.4, 0.5) is 0 Å². The van der Waals surface area contributed by atoms with Crippen LogP contribution >= 0.6 is 24.2 Å². The molecule has 0 aliphatic carbocycles. The van der Waals surface area contributed by atoms with Gasteiger partial charge in [-0.15, -0.1) is 12.4 Å². The lowest BCUT2D eigenvalue weighted by molar-refractivity contribution is 0.464. The minimum atomic E-state index is -2.00. The highest BCUT2D eigenvalue weighted by atomic mass is 35.5. The number of hydrogen-bond acceptors (Lipinski definition) is 3. The van der Waals surface area contributed by atoms with Crippen LogP contribution in [0.15, 0.2) is 35.3 Å². The molecule has 1 saturated heterocycles. The van der Waals surface area contributed by atoms with Gasteiger partial charge in [-0.25, -0.2) is 0 Å². The van der Waals surface area contributed by atoms with Crippen molar-refractivity contribution in [2.75, 3.05) is 18.7 Å². The standard InChI is InChI=1S/C11H12N2S.ClH/c1-2-4-9(5-3-1)10-8-13-6-7-14-11(13)12-10;/h1-5,10H,6-8H2;1H/t10-;/m1./s1/i6D2,7D2;. The van der Waals surface area contributed by atoms with Crippen LogP contribution in [0.2, 0.25) is 0 Å². The summed E-state index contributed by atoms with van der Waals surface area (Å²) in [5.41, 5.74) is -0.899. The van der Waals surface area contributed by atoms with Crippen LogP contribution in [0, 0.1) is 0 Å². The summed E-state index contributed by atoms with van der Waals surface area (Å²) in [7, 11) is 0. The van der Waals surface area contributed by atoms with E-state index in [1.165, 1.54) is 4.90 Å². The van der Waals surface area contributed by atoms with Crippen LogP contribution in [0.1, 0.15) is 17.1 Å². The molecule has 80 valence electrons. The Morgan fingerprint density at radius 1 is 1.40 bits per heavy atom. The summed E-state index contributed by atoms with van der Waals surface area (Å²) in [6, 6.07) is 9.62. The Morgan fingerprint density at radius 2 is 2.20 bits per heavy atom. The van der Waals surface area contributed by atoms with Crippen molar-refractivity contribution in [2.24, 2.45) is 4.99 Å². The van der Waals surface area contributed by atoms with E-state index >= 15 is 0 Å². The first-order chi connectivity index (χ1) is 8.42. The van der Waals surface area contributed by atoms with Crippen LogP contribution < -0.4 is 0 Å². The number of thioether (sulfide) groups is 1. The number of nitrogens with zero attached hydrogens (tertiary/aromatic N) is 2. The maximum absolute atomic E-state index is 7.88. The van der Waals surface area contributed by atoms with Crippen molar-refractivity contribution in [3.63, 3.8) is 0 Å². The highest BCUT2D eigenvalue weighted by Gasteiger charge is 2.29. The minimum Gasteiger partial charge on any atom is -0.348 e. The Morgan fingerprint density at radius 3 is 2.93 bits per heavy atom. The molecule has 2 heterocycles. The van der Waals surface area contributed by atoms with E-state index in [0.29, 0.717) is 11.7 Å². The number of halogens is 1. The van der Waals surface area contributed by atoms with Gasteiger partial charge in [0.2, 0.25) is 0 Å². The van der Waals surface area contributed by atoms with Gasteiger partial charge in [-0.2, -0.15) is 0 Å². The number of hydrogen-bond donors (Lipinski definition) is 0. The van der Waals surface area contributed by atoms with Crippen molar-refractivity contribution in [1.82, 2.24) is 4.90 Å². The third-order valence-electron chi connectivity index (χ3n) is 2.36. The van der Waals surface area contributed by atoms with Crippen molar-refractivity contribution in [1.29, 1.82) is 0 Å². The molecule has 0 amide bonds. The summed E-state index contributed by atoms with van der Waals surface area (Å²) in [5, 5.41) is 0.471. The zero-order valence-electron chi connectivity index (χ0n) is 11.9. The molecule has 1 atom stereocenters. The second-order valence-corrected chi connectivity index (χ2v) is 4.04. The molecule has 4 heteroatoms. The zero-order chi connectivity index (χ0) is 13.0. The molecule has 0 aromatic heterocycles. The molecule has 1 fully saturated rings. The SMILES string of the molecule is Cl.[2H]C1([2H])SC2=N[C@@H](c3ccccc3)CN2C1([2H])[2H]. The highest BCUT2D eigenvalue weighted by Crippen LogP contribution is 2.31. The number of fused-ring (bicyclic) bond motifs is 1. The number of rotatable bonds is 1. The minimum absolute atomic E-state index is 0. The Balaban J connectivity index is 0.00000133. The monoisotopic (exact) mass is 244 g/mol. The summed E-state index contributed by atoms with van der Waals surface area (Å²) in [4.78, 5) is 5.88. The Kier molecular flexibility index (Phi) is 2.02. The van der Waals surface area contributed by atoms with E-state index in [1.54, 1.807) is 0 Å². The van der Waals surface area contributed by atoms with Crippen molar-refractivity contribution < 1.29 is 5.48 Å². The van der Waals surface area contributed by atoms with Crippen LogP contribution in [0.3, 0.4) is 0 Å². The second kappa shape index (κ2) is 4.45. The lowest BCUT2D eigenvalue weighted by Crippen LogP contribution is -2.21. The molecule has 0 radical (unpaired) electrons. The quantitative estimate of drug-likeness (QED) is 0.755. The maximum Gasteiger partial charge on any atom is 0.160 e. The predicted octanol–water partition coefficient (Wildman–Crippen LogP) is 2.57. The molecular formula is C11H13ClN2S. The van der Waals surface area contributed by atoms with Crippen LogP contribution in [0.25, 0.3) is 0 Å². The van der Waals surface area contributed by atoms with Crippen molar-refractivity contribution >= 4 is 29.3 Å². The van der Waals surface area contributed by atoms with Crippen LogP contribution in [0.5, 0.6) is 0 Å². The normalized spacial score (nSPS) is 34.0.